The van der Waals surface area contributed by atoms with Crippen LogP contribution >= 0.6 is 0 Å². The van der Waals surface area contributed by atoms with Gasteiger partial charge in [0.05, 0.1) is 30.4 Å². The predicted molar refractivity (Wildman–Crippen MR) is 179 cm³/mol. The van der Waals surface area contributed by atoms with Gasteiger partial charge in [-0.3, -0.25) is 23.9 Å². The van der Waals surface area contributed by atoms with E-state index < -0.39 is 23.5 Å². The quantitative estimate of drug-likeness (QED) is 0.377. The Kier molecular flexibility index (Phi) is 9.68. The Bertz CT molecular complexity index is 1490. The molecule has 4 fully saturated rings. The summed E-state index contributed by atoms with van der Waals surface area (Å²) in [6.07, 6.45) is 5.89. The van der Waals surface area contributed by atoms with Crippen molar-refractivity contribution in [2.75, 3.05) is 53.4 Å². The largest absolute Gasteiger partial charge is 0.371 e. The number of carbonyl (C=O) groups excluding carboxylic acids is 4. The van der Waals surface area contributed by atoms with Gasteiger partial charge in [-0.2, -0.15) is 5.10 Å². The van der Waals surface area contributed by atoms with E-state index in [1.54, 1.807) is 18.0 Å². The maximum absolute atomic E-state index is 14.1. The van der Waals surface area contributed by atoms with Crippen LogP contribution in [-0.2, 0) is 32.3 Å². The standard InChI is InChI=1S/C36H51N7O5/c1-24(48-20-26-9-7-6-8-10-26)30(32(45)37-4)39-31(44)29-19-41(21-36(29)22-42(23-36)34(47)28-15-35(28,2)3)33(46)27-16-38-43(18-27)17-25-11-13-40(5)14-12-25/h6-10,16,18,24-25,28-30H,11-15,17,19-23H2,1-5H3,(H,37,45)(H,39,44)/t24-,28-,29-,30+/m1/s1. The number of hydrogen-bond donors (Lipinski definition) is 2. The third-order valence-electron chi connectivity index (χ3n) is 11.2. The molecule has 3 aliphatic heterocycles. The van der Waals surface area contributed by atoms with E-state index >= 15 is 0 Å². The minimum atomic E-state index is -0.934. The number of piperidine rings is 1. The molecule has 1 saturated carbocycles. The molecule has 1 spiro atoms. The number of likely N-dealkylation sites (N-methyl/N-ethyl adjacent to an activating group) is 1. The molecular weight excluding hydrogens is 610 g/mol. The van der Waals surface area contributed by atoms with Crippen LogP contribution in [0.1, 0.15) is 56.0 Å². The Hall–Kier alpha value is -3.77. The highest BCUT2D eigenvalue weighted by Gasteiger charge is 2.62. The van der Waals surface area contributed by atoms with E-state index in [4.69, 9.17) is 4.74 Å². The van der Waals surface area contributed by atoms with Gasteiger partial charge in [0, 0.05) is 57.3 Å². The number of amides is 4. The molecule has 2 aromatic rings. The lowest BCUT2D eigenvalue weighted by Gasteiger charge is -2.50. The van der Waals surface area contributed by atoms with E-state index in [0.29, 0.717) is 37.7 Å². The average Bonchev–Trinajstić information content (AvgIpc) is 3.37. The summed E-state index contributed by atoms with van der Waals surface area (Å²) in [6, 6.07) is 8.72. The van der Waals surface area contributed by atoms with E-state index in [9.17, 15) is 19.2 Å². The summed E-state index contributed by atoms with van der Waals surface area (Å²) in [5, 5.41) is 10.1. The third-order valence-corrected chi connectivity index (χ3v) is 11.2. The number of aromatic nitrogens is 2. The van der Waals surface area contributed by atoms with Crippen LogP contribution in [-0.4, -0.2) is 114 Å². The summed E-state index contributed by atoms with van der Waals surface area (Å²) in [5.74, 6) is -0.800. The lowest BCUT2D eigenvalue weighted by Crippen LogP contribution is -2.65. The molecule has 4 heterocycles. The van der Waals surface area contributed by atoms with Gasteiger partial charge in [-0.05, 0) is 63.2 Å². The van der Waals surface area contributed by atoms with E-state index in [0.717, 1.165) is 44.5 Å². The van der Waals surface area contributed by atoms with Crippen molar-refractivity contribution in [3.63, 3.8) is 0 Å². The Morgan fingerprint density at radius 2 is 1.69 bits per heavy atom. The van der Waals surface area contributed by atoms with Crippen molar-refractivity contribution in [2.24, 2.45) is 28.6 Å². The van der Waals surface area contributed by atoms with Crippen LogP contribution in [0.4, 0.5) is 0 Å². The highest BCUT2D eigenvalue weighted by Crippen LogP contribution is 2.54. The van der Waals surface area contributed by atoms with Crippen molar-refractivity contribution in [2.45, 2.75) is 65.3 Å². The fourth-order valence-corrected chi connectivity index (χ4v) is 7.75. The molecule has 2 N–H and O–H groups in total. The van der Waals surface area contributed by atoms with E-state index in [1.807, 2.05) is 46.1 Å². The van der Waals surface area contributed by atoms with Gasteiger partial charge in [0.25, 0.3) is 5.91 Å². The Morgan fingerprint density at radius 3 is 2.33 bits per heavy atom. The lowest BCUT2D eigenvalue weighted by atomic mass is 9.70. The number of likely N-dealkylation sites (tertiary alicyclic amines) is 3. The lowest BCUT2D eigenvalue weighted by molar-refractivity contribution is -0.152. The second-order valence-corrected chi connectivity index (χ2v) is 15.3. The fourth-order valence-electron chi connectivity index (χ4n) is 7.75. The zero-order valence-corrected chi connectivity index (χ0v) is 29.0. The molecule has 260 valence electrons. The minimum Gasteiger partial charge on any atom is -0.371 e. The maximum Gasteiger partial charge on any atom is 0.257 e. The highest BCUT2D eigenvalue weighted by atomic mass is 16.5. The summed E-state index contributed by atoms with van der Waals surface area (Å²) < 4.78 is 7.91. The van der Waals surface area contributed by atoms with Crippen LogP contribution < -0.4 is 10.6 Å². The molecule has 1 aromatic heterocycles. The topological polar surface area (TPSA) is 129 Å². The smallest absolute Gasteiger partial charge is 0.257 e. The molecule has 12 nitrogen and oxygen atoms in total. The number of rotatable bonds is 11. The predicted octanol–water partition coefficient (Wildman–Crippen LogP) is 2.01. The SMILES string of the molecule is CNC(=O)[C@@H](NC(=O)[C@H]1CN(C(=O)c2cnn(CC3CCN(C)CC3)c2)CC12CN(C(=O)[C@H]1CC1(C)C)C2)[C@@H](C)OCc1ccccc1. The highest BCUT2D eigenvalue weighted by molar-refractivity contribution is 5.95. The molecule has 6 rings (SSSR count). The Labute approximate surface area is 283 Å². The van der Waals surface area contributed by atoms with Crippen LogP contribution in [0.25, 0.3) is 0 Å². The second kappa shape index (κ2) is 13.6. The van der Waals surface area contributed by atoms with Gasteiger partial charge in [0.1, 0.15) is 6.04 Å². The normalized spacial score (nSPS) is 24.5. The molecule has 1 aliphatic carbocycles. The number of nitrogens with zero attached hydrogens (tertiary/aromatic N) is 5. The average molecular weight is 662 g/mol. The van der Waals surface area contributed by atoms with Crippen LogP contribution in [0, 0.1) is 28.6 Å². The monoisotopic (exact) mass is 661 g/mol. The first-order chi connectivity index (χ1) is 22.9. The first-order valence-electron chi connectivity index (χ1n) is 17.4. The molecule has 4 amide bonds. The van der Waals surface area contributed by atoms with Gasteiger partial charge in [0.15, 0.2) is 0 Å². The maximum atomic E-state index is 14.1. The Morgan fingerprint density at radius 1 is 1.02 bits per heavy atom. The molecule has 0 bridgehead atoms. The van der Waals surface area contributed by atoms with Crippen LogP contribution in [0.15, 0.2) is 42.7 Å². The zero-order valence-electron chi connectivity index (χ0n) is 29.0. The Balaban J connectivity index is 1.15. The summed E-state index contributed by atoms with van der Waals surface area (Å²) in [5.41, 5.74) is 0.860. The first kappa shape index (κ1) is 34.1. The van der Waals surface area contributed by atoms with Crippen molar-refractivity contribution in [1.82, 2.24) is 35.1 Å². The van der Waals surface area contributed by atoms with Gasteiger partial charge in [-0.25, -0.2) is 0 Å². The molecule has 3 saturated heterocycles. The fraction of sp³-hybridized carbons (Fsp3) is 0.639. The summed E-state index contributed by atoms with van der Waals surface area (Å²) in [6.45, 7) is 10.5. The van der Waals surface area contributed by atoms with Gasteiger partial charge in [0.2, 0.25) is 17.7 Å². The first-order valence-corrected chi connectivity index (χ1v) is 17.4. The molecule has 48 heavy (non-hydrogen) atoms. The van der Waals surface area contributed by atoms with Gasteiger partial charge >= 0.3 is 0 Å². The molecule has 0 unspecified atom stereocenters. The minimum absolute atomic E-state index is 0.00137. The van der Waals surface area contributed by atoms with Crippen molar-refractivity contribution in [1.29, 1.82) is 0 Å². The van der Waals surface area contributed by atoms with Crippen molar-refractivity contribution in [3.05, 3.63) is 53.9 Å². The number of nitrogens with one attached hydrogen (secondary N) is 2. The zero-order chi connectivity index (χ0) is 34.2. The summed E-state index contributed by atoms with van der Waals surface area (Å²) in [4.78, 5) is 60.2. The number of hydrogen-bond acceptors (Lipinski definition) is 7. The van der Waals surface area contributed by atoms with Gasteiger partial charge in [-0.15, -0.1) is 0 Å². The molecular formula is C36H51N7O5. The van der Waals surface area contributed by atoms with Crippen molar-refractivity contribution in [3.8, 4) is 0 Å². The van der Waals surface area contributed by atoms with Crippen LogP contribution in [0.2, 0.25) is 0 Å². The molecule has 0 radical (unpaired) electrons. The number of ether oxygens (including phenoxy) is 1. The molecule has 4 aliphatic rings. The van der Waals surface area contributed by atoms with Gasteiger partial charge < -0.3 is 30.1 Å². The number of carbonyl (C=O) groups is 4. The van der Waals surface area contributed by atoms with Crippen LogP contribution in [0.5, 0.6) is 0 Å². The third kappa shape index (κ3) is 7.15. The van der Waals surface area contributed by atoms with E-state index in [1.165, 1.54) is 7.05 Å². The summed E-state index contributed by atoms with van der Waals surface area (Å²) in [7, 11) is 3.67. The summed E-state index contributed by atoms with van der Waals surface area (Å²) >= 11 is 0. The molecule has 12 heteroatoms. The van der Waals surface area contributed by atoms with Crippen molar-refractivity contribution < 1.29 is 23.9 Å². The molecule has 4 atom stereocenters. The van der Waals surface area contributed by atoms with E-state index in [-0.39, 0.29) is 41.5 Å². The van der Waals surface area contributed by atoms with Gasteiger partial charge in [-0.1, -0.05) is 44.2 Å². The van der Waals surface area contributed by atoms with E-state index in [2.05, 4.69) is 41.5 Å². The van der Waals surface area contributed by atoms with Crippen LogP contribution in [0.3, 0.4) is 0 Å². The second-order valence-electron chi connectivity index (χ2n) is 15.3. The number of benzene rings is 1. The van der Waals surface area contributed by atoms with Crippen molar-refractivity contribution >= 4 is 23.6 Å². The molecule has 1 aromatic carbocycles.